The fourth-order valence-corrected chi connectivity index (χ4v) is 2.78. The van der Waals surface area contributed by atoms with Gasteiger partial charge < -0.3 is 15.2 Å². The Balaban J connectivity index is 3.83. The molecule has 0 heterocycles. The lowest BCUT2D eigenvalue weighted by Gasteiger charge is -2.14. The molecule has 1 amide bonds. The van der Waals surface area contributed by atoms with Gasteiger partial charge in [0, 0.05) is 12.8 Å². The summed E-state index contributed by atoms with van der Waals surface area (Å²) in [5, 5.41) is 11.7. The van der Waals surface area contributed by atoms with Crippen molar-refractivity contribution in [2.75, 3.05) is 6.61 Å². The summed E-state index contributed by atoms with van der Waals surface area (Å²) in [5.41, 5.74) is 0. The van der Waals surface area contributed by atoms with Gasteiger partial charge in [-0.05, 0) is 19.3 Å². The van der Waals surface area contributed by atoms with Crippen molar-refractivity contribution in [1.82, 2.24) is 5.32 Å². The Morgan fingerprint density at radius 1 is 0.815 bits per heavy atom. The molecule has 0 bridgehead atoms. The van der Waals surface area contributed by atoms with Crippen molar-refractivity contribution in [2.24, 2.45) is 0 Å². The van der Waals surface area contributed by atoms with Gasteiger partial charge in [0.05, 0.1) is 6.61 Å². The van der Waals surface area contributed by atoms with Gasteiger partial charge in [-0.2, -0.15) is 0 Å². The van der Waals surface area contributed by atoms with Gasteiger partial charge in [-0.15, -0.1) is 0 Å². The van der Waals surface area contributed by atoms with Gasteiger partial charge >= 0.3 is 11.9 Å². The van der Waals surface area contributed by atoms with Crippen LogP contribution < -0.4 is 5.32 Å². The Kier molecular flexibility index (Phi) is 16.8. The Morgan fingerprint density at radius 2 is 1.37 bits per heavy atom. The van der Waals surface area contributed by atoms with E-state index >= 15 is 0 Å². The summed E-state index contributed by atoms with van der Waals surface area (Å²) in [5.74, 6) is -1.79. The van der Waals surface area contributed by atoms with E-state index in [-0.39, 0.29) is 18.7 Å². The zero-order valence-corrected chi connectivity index (χ0v) is 17.3. The second kappa shape index (κ2) is 17.8. The first-order valence-electron chi connectivity index (χ1n) is 10.7. The van der Waals surface area contributed by atoms with Gasteiger partial charge in [0.1, 0.15) is 6.04 Å². The van der Waals surface area contributed by atoms with Crippen molar-refractivity contribution in [3.8, 4) is 0 Å². The number of nitrogens with one attached hydrogen (secondary N) is 1. The average Bonchev–Trinajstić information content (AvgIpc) is 2.63. The minimum absolute atomic E-state index is 0.001000. The Labute approximate surface area is 164 Å². The minimum Gasteiger partial charge on any atom is -0.480 e. The van der Waals surface area contributed by atoms with Crippen LogP contribution in [-0.4, -0.2) is 35.6 Å². The van der Waals surface area contributed by atoms with Crippen LogP contribution in [0.3, 0.4) is 0 Å². The van der Waals surface area contributed by atoms with Crippen LogP contribution in [-0.2, 0) is 19.1 Å². The van der Waals surface area contributed by atoms with Crippen LogP contribution in [0.25, 0.3) is 0 Å². The zero-order valence-electron chi connectivity index (χ0n) is 17.3. The molecule has 27 heavy (non-hydrogen) atoms. The number of carbonyl (C=O) groups excluding carboxylic acids is 2. The SMILES string of the molecule is CCCCCCCCCCCC(=O)N[C@@H](CCC(=O)OCCCC)C(=O)O. The van der Waals surface area contributed by atoms with Crippen molar-refractivity contribution in [3.63, 3.8) is 0 Å². The molecule has 0 unspecified atom stereocenters. The molecule has 6 heteroatoms. The number of unbranched alkanes of at least 4 members (excludes halogenated alkanes) is 9. The summed E-state index contributed by atoms with van der Waals surface area (Å²) in [6.07, 6.45) is 12.6. The molecule has 0 radical (unpaired) electrons. The fraction of sp³-hybridized carbons (Fsp3) is 0.857. The molecule has 0 saturated heterocycles. The maximum atomic E-state index is 11.9. The van der Waals surface area contributed by atoms with E-state index in [2.05, 4.69) is 12.2 Å². The number of ether oxygens (including phenoxy) is 1. The molecule has 0 aliphatic carbocycles. The molecule has 2 N–H and O–H groups in total. The summed E-state index contributed by atoms with van der Waals surface area (Å²) in [7, 11) is 0. The van der Waals surface area contributed by atoms with E-state index in [9.17, 15) is 19.5 Å². The third kappa shape index (κ3) is 16.3. The summed E-state index contributed by atoms with van der Waals surface area (Å²) >= 11 is 0. The molecular weight excluding hydrogens is 346 g/mol. The highest BCUT2D eigenvalue weighted by molar-refractivity contribution is 5.84. The van der Waals surface area contributed by atoms with Gasteiger partial charge in [-0.25, -0.2) is 4.79 Å². The molecule has 6 nitrogen and oxygen atoms in total. The van der Waals surface area contributed by atoms with E-state index in [1.54, 1.807) is 0 Å². The van der Waals surface area contributed by atoms with Gasteiger partial charge in [-0.1, -0.05) is 71.6 Å². The molecule has 0 rings (SSSR count). The molecule has 0 aromatic carbocycles. The summed E-state index contributed by atoms with van der Waals surface area (Å²) in [4.78, 5) is 34.8. The quantitative estimate of drug-likeness (QED) is 0.266. The van der Waals surface area contributed by atoms with Crippen molar-refractivity contribution < 1.29 is 24.2 Å². The molecule has 0 aromatic heterocycles. The molecule has 1 atom stereocenters. The number of carboxylic acids is 1. The average molecular weight is 386 g/mol. The van der Waals surface area contributed by atoms with E-state index in [1.807, 2.05) is 6.92 Å². The van der Waals surface area contributed by atoms with Crippen molar-refractivity contribution in [2.45, 2.75) is 110 Å². The highest BCUT2D eigenvalue weighted by Crippen LogP contribution is 2.10. The molecule has 0 spiro atoms. The maximum Gasteiger partial charge on any atom is 0.326 e. The monoisotopic (exact) mass is 385 g/mol. The van der Waals surface area contributed by atoms with Crippen molar-refractivity contribution in [3.05, 3.63) is 0 Å². The highest BCUT2D eigenvalue weighted by atomic mass is 16.5. The lowest BCUT2D eigenvalue weighted by molar-refractivity contribution is -0.145. The number of amides is 1. The van der Waals surface area contributed by atoms with E-state index in [0.29, 0.717) is 13.0 Å². The minimum atomic E-state index is -1.11. The van der Waals surface area contributed by atoms with Crippen molar-refractivity contribution >= 4 is 17.8 Å². The van der Waals surface area contributed by atoms with Gasteiger partial charge in [0.2, 0.25) is 5.91 Å². The number of aliphatic carboxylic acids is 1. The normalized spacial score (nSPS) is 11.8. The number of carboxylic acid groups (broad SMARTS) is 1. The number of hydrogen-bond acceptors (Lipinski definition) is 4. The van der Waals surface area contributed by atoms with Crippen molar-refractivity contribution in [1.29, 1.82) is 0 Å². The zero-order chi connectivity index (χ0) is 20.3. The summed E-state index contributed by atoms with van der Waals surface area (Å²) in [6.45, 7) is 4.56. The molecule has 0 aliphatic heterocycles. The molecular formula is C21H39NO5. The molecule has 0 fully saturated rings. The lowest BCUT2D eigenvalue weighted by atomic mass is 10.1. The van der Waals surface area contributed by atoms with Crippen LogP contribution in [0.1, 0.15) is 104 Å². The summed E-state index contributed by atoms with van der Waals surface area (Å²) < 4.78 is 5.01. The maximum absolute atomic E-state index is 11.9. The largest absolute Gasteiger partial charge is 0.480 e. The Morgan fingerprint density at radius 3 is 1.93 bits per heavy atom. The van der Waals surface area contributed by atoms with Crippen LogP contribution in [0.5, 0.6) is 0 Å². The van der Waals surface area contributed by atoms with Crippen LogP contribution in [0.4, 0.5) is 0 Å². The molecule has 0 saturated carbocycles. The lowest BCUT2D eigenvalue weighted by Crippen LogP contribution is -2.41. The first-order chi connectivity index (χ1) is 13.0. The third-order valence-electron chi connectivity index (χ3n) is 4.54. The van der Waals surface area contributed by atoms with Crippen LogP contribution >= 0.6 is 0 Å². The smallest absolute Gasteiger partial charge is 0.326 e. The first kappa shape index (κ1) is 25.4. The standard InChI is InChI=1S/C21H39NO5/c1-3-5-7-8-9-10-11-12-13-14-19(23)22-18(21(25)26)15-16-20(24)27-17-6-4-2/h18H,3-17H2,1-2H3,(H,22,23)(H,25,26)/t18-/m0/s1. The number of rotatable bonds is 18. The Hall–Kier alpha value is -1.59. The highest BCUT2D eigenvalue weighted by Gasteiger charge is 2.21. The van der Waals surface area contributed by atoms with Gasteiger partial charge in [0.25, 0.3) is 0 Å². The van der Waals surface area contributed by atoms with E-state index in [1.165, 1.54) is 38.5 Å². The Bertz CT molecular complexity index is 411. The number of esters is 1. The van der Waals surface area contributed by atoms with Crippen LogP contribution in [0.2, 0.25) is 0 Å². The number of hydrogen-bond donors (Lipinski definition) is 2. The van der Waals surface area contributed by atoms with E-state index in [0.717, 1.165) is 32.1 Å². The molecule has 158 valence electrons. The molecule has 0 aromatic rings. The van der Waals surface area contributed by atoms with Crippen LogP contribution in [0, 0.1) is 0 Å². The summed E-state index contributed by atoms with van der Waals surface area (Å²) in [6, 6.07) is -1.03. The predicted molar refractivity (Wildman–Crippen MR) is 107 cm³/mol. The predicted octanol–water partition coefficient (Wildman–Crippen LogP) is 4.60. The first-order valence-corrected chi connectivity index (χ1v) is 10.7. The fourth-order valence-electron chi connectivity index (χ4n) is 2.78. The third-order valence-corrected chi connectivity index (χ3v) is 4.54. The molecule has 0 aliphatic rings. The second-order valence-corrected chi connectivity index (χ2v) is 7.15. The van der Waals surface area contributed by atoms with Gasteiger partial charge in [-0.3, -0.25) is 9.59 Å². The van der Waals surface area contributed by atoms with Gasteiger partial charge in [0.15, 0.2) is 0 Å². The van der Waals surface area contributed by atoms with E-state index in [4.69, 9.17) is 4.74 Å². The second-order valence-electron chi connectivity index (χ2n) is 7.15. The topological polar surface area (TPSA) is 92.7 Å². The van der Waals surface area contributed by atoms with Crippen LogP contribution in [0.15, 0.2) is 0 Å². The number of carbonyl (C=O) groups is 3. The van der Waals surface area contributed by atoms with E-state index < -0.39 is 18.0 Å².